The van der Waals surface area contributed by atoms with Gasteiger partial charge in [0.05, 0.1) is 12.3 Å². The van der Waals surface area contributed by atoms with E-state index in [-0.39, 0.29) is 43.1 Å². The summed E-state index contributed by atoms with van der Waals surface area (Å²) in [7, 11) is 0. The highest BCUT2D eigenvalue weighted by Gasteiger charge is 2.29. The molecule has 3 N–H and O–H groups in total. The SMILES string of the molecule is Cc1[nH]c2ccc(F)cc2c1CC(=O)N1CCCC(C(=O)NCCNC(=O)OC(C)(C)C)C1. The number of aromatic nitrogens is 1. The molecule has 3 rings (SSSR count). The summed E-state index contributed by atoms with van der Waals surface area (Å²) in [5.74, 6) is -0.854. The first-order valence-corrected chi connectivity index (χ1v) is 11.3. The molecule has 1 aliphatic heterocycles. The molecule has 0 saturated carbocycles. The van der Waals surface area contributed by atoms with Crippen molar-refractivity contribution in [2.24, 2.45) is 5.92 Å². The zero-order valence-corrected chi connectivity index (χ0v) is 19.7. The smallest absolute Gasteiger partial charge is 0.407 e. The molecular formula is C24H33FN4O4. The molecule has 1 atom stereocenters. The lowest BCUT2D eigenvalue weighted by molar-refractivity contribution is -0.135. The van der Waals surface area contributed by atoms with Crippen molar-refractivity contribution in [3.63, 3.8) is 0 Å². The number of aromatic amines is 1. The number of nitrogens with zero attached hydrogens (tertiary/aromatic N) is 1. The molecule has 1 aromatic heterocycles. The molecule has 1 fully saturated rings. The number of H-pyrrole nitrogens is 1. The molecule has 0 bridgehead atoms. The van der Waals surface area contributed by atoms with Crippen molar-refractivity contribution in [2.45, 2.75) is 52.6 Å². The fraction of sp³-hybridized carbons (Fsp3) is 0.542. The van der Waals surface area contributed by atoms with Gasteiger partial charge < -0.3 is 25.3 Å². The van der Waals surface area contributed by atoms with Gasteiger partial charge >= 0.3 is 6.09 Å². The van der Waals surface area contributed by atoms with E-state index in [4.69, 9.17) is 4.74 Å². The maximum absolute atomic E-state index is 13.7. The Labute approximate surface area is 193 Å². The average molecular weight is 461 g/mol. The molecule has 180 valence electrons. The minimum Gasteiger partial charge on any atom is -0.444 e. The number of carbonyl (C=O) groups is 3. The molecule has 33 heavy (non-hydrogen) atoms. The molecule has 0 spiro atoms. The van der Waals surface area contributed by atoms with E-state index >= 15 is 0 Å². The van der Waals surface area contributed by atoms with Crippen LogP contribution >= 0.6 is 0 Å². The van der Waals surface area contributed by atoms with Crippen molar-refractivity contribution in [1.29, 1.82) is 0 Å². The van der Waals surface area contributed by atoms with Crippen molar-refractivity contribution in [3.8, 4) is 0 Å². The van der Waals surface area contributed by atoms with Crippen molar-refractivity contribution in [3.05, 3.63) is 35.3 Å². The van der Waals surface area contributed by atoms with Gasteiger partial charge in [0.25, 0.3) is 0 Å². The number of piperidine rings is 1. The van der Waals surface area contributed by atoms with E-state index in [9.17, 15) is 18.8 Å². The molecule has 0 radical (unpaired) electrons. The molecule has 3 amide bonds. The van der Waals surface area contributed by atoms with Gasteiger partial charge in [0.1, 0.15) is 11.4 Å². The summed E-state index contributed by atoms with van der Waals surface area (Å²) >= 11 is 0. The minimum absolute atomic E-state index is 0.0765. The Morgan fingerprint density at radius 2 is 1.94 bits per heavy atom. The van der Waals surface area contributed by atoms with Crippen LogP contribution in [0.25, 0.3) is 10.9 Å². The third-order valence-corrected chi connectivity index (χ3v) is 5.65. The topological polar surface area (TPSA) is 104 Å². The number of amides is 3. The van der Waals surface area contributed by atoms with E-state index in [1.54, 1.807) is 31.7 Å². The predicted octanol–water partition coefficient (Wildman–Crippen LogP) is 3.04. The molecule has 1 saturated heterocycles. The molecule has 1 unspecified atom stereocenters. The quantitative estimate of drug-likeness (QED) is 0.577. The summed E-state index contributed by atoms with van der Waals surface area (Å²) in [6.45, 7) is 8.69. The standard InChI is InChI=1S/C24H33FN4O4/c1-15-18(19-12-17(25)7-8-20(19)28-15)13-21(30)29-11-5-6-16(14-29)22(31)26-9-10-27-23(32)33-24(2,3)4/h7-8,12,16,28H,5-6,9-11,13-14H2,1-4H3,(H,26,31)(H,27,32). The van der Waals surface area contributed by atoms with Gasteiger partial charge in [-0.3, -0.25) is 9.59 Å². The lowest BCUT2D eigenvalue weighted by atomic mass is 9.96. The Bertz CT molecular complexity index is 1030. The zero-order valence-electron chi connectivity index (χ0n) is 19.7. The number of likely N-dealkylation sites (tertiary alicyclic amines) is 1. The lowest BCUT2D eigenvalue weighted by Crippen LogP contribution is -2.47. The molecule has 1 aliphatic rings. The highest BCUT2D eigenvalue weighted by molar-refractivity contribution is 5.90. The Hall–Kier alpha value is -3.10. The summed E-state index contributed by atoms with van der Waals surface area (Å²) in [6.07, 6.45) is 1.07. The molecule has 1 aromatic carbocycles. The second kappa shape index (κ2) is 10.2. The number of halogens is 1. The van der Waals surface area contributed by atoms with Crippen LogP contribution in [0.4, 0.5) is 9.18 Å². The number of benzene rings is 1. The van der Waals surface area contributed by atoms with Gasteiger partial charge in [0.15, 0.2) is 0 Å². The Balaban J connectivity index is 1.50. The molecule has 0 aliphatic carbocycles. The number of rotatable bonds is 6. The van der Waals surface area contributed by atoms with Crippen molar-refractivity contribution < 1.29 is 23.5 Å². The Kier molecular flexibility index (Phi) is 7.61. The number of hydrogen-bond acceptors (Lipinski definition) is 4. The Morgan fingerprint density at radius 1 is 1.21 bits per heavy atom. The van der Waals surface area contributed by atoms with Crippen LogP contribution in [-0.4, -0.2) is 59.6 Å². The van der Waals surface area contributed by atoms with Crippen LogP contribution in [0, 0.1) is 18.7 Å². The van der Waals surface area contributed by atoms with Gasteiger partial charge in [0, 0.05) is 42.8 Å². The van der Waals surface area contributed by atoms with Gasteiger partial charge in [0.2, 0.25) is 11.8 Å². The van der Waals surface area contributed by atoms with E-state index < -0.39 is 11.7 Å². The monoisotopic (exact) mass is 460 g/mol. The lowest BCUT2D eigenvalue weighted by Gasteiger charge is -2.32. The summed E-state index contributed by atoms with van der Waals surface area (Å²) in [6, 6.07) is 4.50. The van der Waals surface area contributed by atoms with Crippen LogP contribution in [0.5, 0.6) is 0 Å². The number of hydrogen-bond donors (Lipinski definition) is 3. The molecule has 8 nitrogen and oxygen atoms in total. The third-order valence-electron chi connectivity index (χ3n) is 5.65. The number of nitrogens with one attached hydrogen (secondary N) is 3. The first-order chi connectivity index (χ1) is 15.5. The van der Waals surface area contributed by atoms with Gasteiger partial charge in [-0.15, -0.1) is 0 Å². The molecular weight excluding hydrogens is 427 g/mol. The minimum atomic E-state index is -0.579. The van der Waals surface area contributed by atoms with Gasteiger partial charge in [-0.25, -0.2) is 9.18 Å². The highest BCUT2D eigenvalue weighted by Crippen LogP contribution is 2.25. The maximum Gasteiger partial charge on any atom is 0.407 e. The van der Waals surface area contributed by atoms with Crippen molar-refractivity contribution >= 4 is 28.8 Å². The predicted molar refractivity (Wildman–Crippen MR) is 123 cm³/mol. The third kappa shape index (κ3) is 6.69. The first kappa shape index (κ1) is 24.5. The van der Waals surface area contributed by atoms with Crippen molar-refractivity contribution in [2.75, 3.05) is 26.2 Å². The van der Waals surface area contributed by atoms with Crippen LogP contribution in [-0.2, 0) is 20.7 Å². The number of aryl methyl sites for hydroxylation is 1. The highest BCUT2D eigenvalue weighted by atomic mass is 19.1. The first-order valence-electron chi connectivity index (χ1n) is 11.3. The molecule has 9 heteroatoms. The summed E-state index contributed by atoms with van der Waals surface area (Å²) < 4.78 is 18.9. The fourth-order valence-corrected chi connectivity index (χ4v) is 4.07. The van der Waals surface area contributed by atoms with E-state index in [1.807, 2.05) is 6.92 Å². The van der Waals surface area contributed by atoms with Gasteiger partial charge in [-0.05, 0) is 64.3 Å². The number of carbonyl (C=O) groups excluding carboxylic acids is 3. The van der Waals surface area contributed by atoms with Gasteiger partial charge in [-0.1, -0.05) is 0 Å². The normalized spacial score (nSPS) is 16.5. The summed E-state index contributed by atoms with van der Waals surface area (Å²) in [5.41, 5.74) is 1.85. The fourth-order valence-electron chi connectivity index (χ4n) is 4.07. The van der Waals surface area contributed by atoms with Crippen LogP contribution in [0.15, 0.2) is 18.2 Å². The van der Waals surface area contributed by atoms with Crippen LogP contribution in [0.2, 0.25) is 0 Å². The second-order valence-electron chi connectivity index (χ2n) is 9.49. The maximum atomic E-state index is 13.7. The van der Waals surface area contributed by atoms with Crippen LogP contribution < -0.4 is 10.6 Å². The van der Waals surface area contributed by atoms with E-state index in [0.717, 1.165) is 23.2 Å². The van der Waals surface area contributed by atoms with Crippen LogP contribution in [0.1, 0.15) is 44.9 Å². The van der Waals surface area contributed by atoms with E-state index in [2.05, 4.69) is 15.6 Å². The number of alkyl carbamates (subject to hydrolysis) is 1. The number of ether oxygens (including phenoxy) is 1. The van der Waals surface area contributed by atoms with Gasteiger partial charge in [-0.2, -0.15) is 0 Å². The molecule has 2 aromatic rings. The summed E-state index contributed by atoms with van der Waals surface area (Å²) in [5, 5.41) is 6.14. The largest absolute Gasteiger partial charge is 0.444 e. The Morgan fingerprint density at radius 3 is 2.67 bits per heavy atom. The van der Waals surface area contributed by atoms with E-state index in [0.29, 0.717) is 24.9 Å². The van der Waals surface area contributed by atoms with Crippen molar-refractivity contribution in [1.82, 2.24) is 20.5 Å². The second-order valence-corrected chi connectivity index (χ2v) is 9.49. The van der Waals surface area contributed by atoms with Crippen LogP contribution in [0.3, 0.4) is 0 Å². The number of fused-ring (bicyclic) bond motifs is 1. The zero-order chi connectivity index (χ0) is 24.2. The average Bonchev–Trinajstić information content (AvgIpc) is 3.04. The summed E-state index contributed by atoms with van der Waals surface area (Å²) in [4.78, 5) is 42.1. The molecule has 2 heterocycles. The van der Waals surface area contributed by atoms with E-state index in [1.165, 1.54) is 12.1 Å².